The Bertz CT molecular complexity index is 591. The smallest absolute Gasteiger partial charge is 0.223 e. The molecule has 2 aromatic rings. The van der Waals surface area contributed by atoms with Crippen molar-refractivity contribution in [3.8, 4) is 0 Å². The summed E-state index contributed by atoms with van der Waals surface area (Å²) in [4.78, 5) is 19.0. The van der Waals surface area contributed by atoms with Gasteiger partial charge in [-0.2, -0.15) is 0 Å². The van der Waals surface area contributed by atoms with Crippen molar-refractivity contribution in [1.29, 1.82) is 0 Å². The Labute approximate surface area is 133 Å². The van der Waals surface area contributed by atoms with E-state index >= 15 is 0 Å². The van der Waals surface area contributed by atoms with Gasteiger partial charge in [0.2, 0.25) is 5.91 Å². The molecule has 0 aromatic carbocycles. The van der Waals surface area contributed by atoms with E-state index < -0.39 is 0 Å². The molecule has 1 fully saturated rings. The molecule has 0 spiro atoms. The second kappa shape index (κ2) is 6.71. The van der Waals surface area contributed by atoms with Crippen molar-refractivity contribution in [3.05, 3.63) is 38.5 Å². The molecule has 2 atom stereocenters. The molecule has 1 amide bonds. The van der Waals surface area contributed by atoms with Gasteiger partial charge in [-0.05, 0) is 44.7 Å². The maximum absolute atomic E-state index is 12.1. The average molecular weight is 320 g/mol. The summed E-state index contributed by atoms with van der Waals surface area (Å²) in [5.41, 5.74) is 0. The molecule has 3 nitrogen and oxygen atoms in total. The number of unbranched alkanes of at least 4 members (excludes halogenated alkanes) is 1. The van der Waals surface area contributed by atoms with Gasteiger partial charge in [-0.3, -0.25) is 4.79 Å². The van der Waals surface area contributed by atoms with Gasteiger partial charge in [0.1, 0.15) is 0 Å². The number of nitrogens with zero attached hydrogens (tertiary/aromatic N) is 1. The molecule has 0 unspecified atom stereocenters. The maximum atomic E-state index is 12.1. The Morgan fingerprint density at radius 1 is 1.43 bits per heavy atom. The van der Waals surface area contributed by atoms with E-state index in [4.69, 9.17) is 0 Å². The average Bonchev–Trinajstić information content (AvgIpc) is 2.88. The molecule has 1 aliphatic rings. The first-order valence-corrected chi connectivity index (χ1v) is 9.16. The van der Waals surface area contributed by atoms with Gasteiger partial charge >= 0.3 is 0 Å². The third-order valence-electron chi connectivity index (χ3n) is 3.85. The van der Waals surface area contributed by atoms with Gasteiger partial charge in [0, 0.05) is 39.7 Å². The fourth-order valence-electron chi connectivity index (χ4n) is 2.57. The van der Waals surface area contributed by atoms with Gasteiger partial charge in [-0.15, -0.1) is 22.7 Å². The molecule has 21 heavy (non-hydrogen) atoms. The number of amides is 1. The SMILES string of the molecule is Cc1ccc([C@@H]2C[C@H]2C(=O)NCCCCc2nccs2)s1. The van der Waals surface area contributed by atoms with Crippen molar-refractivity contribution < 1.29 is 4.79 Å². The molecule has 1 aliphatic carbocycles. The topological polar surface area (TPSA) is 42.0 Å². The van der Waals surface area contributed by atoms with E-state index in [-0.39, 0.29) is 11.8 Å². The van der Waals surface area contributed by atoms with E-state index in [1.807, 2.05) is 22.9 Å². The van der Waals surface area contributed by atoms with Crippen LogP contribution in [0.4, 0.5) is 0 Å². The third kappa shape index (κ3) is 3.92. The molecule has 5 heteroatoms. The first kappa shape index (κ1) is 14.7. The van der Waals surface area contributed by atoms with Gasteiger partial charge in [0.05, 0.1) is 5.01 Å². The van der Waals surface area contributed by atoms with E-state index in [1.165, 1.54) is 14.8 Å². The molecule has 3 rings (SSSR count). The number of thiazole rings is 1. The zero-order valence-electron chi connectivity index (χ0n) is 12.2. The normalized spacial score (nSPS) is 20.4. The summed E-state index contributed by atoms with van der Waals surface area (Å²) in [6.45, 7) is 2.91. The van der Waals surface area contributed by atoms with Gasteiger partial charge < -0.3 is 5.32 Å². The molecule has 1 N–H and O–H groups in total. The van der Waals surface area contributed by atoms with Crippen molar-refractivity contribution in [3.63, 3.8) is 0 Å². The summed E-state index contributed by atoms with van der Waals surface area (Å²) in [6.07, 6.45) is 6.01. The quantitative estimate of drug-likeness (QED) is 0.789. The highest BCUT2D eigenvalue weighted by molar-refractivity contribution is 7.12. The standard InChI is InChI=1S/C16H20N2OS2/c1-11-5-6-14(21-11)12-10-13(12)16(19)18-7-3-2-4-15-17-8-9-20-15/h5-6,8-9,12-13H,2-4,7,10H2,1H3,(H,18,19)/t12-,13-/m1/s1. The van der Waals surface area contributed by atoms with Crippen LogP contribution in [0.25, 0.3) is 0 Å². The lowest BCUT2D eigenvalue weighted by atomic mass is 10.2. The Hall–Kier alpha value is -1.20. The summed E-state index contributed by atoms with van der Waals surface area (Å²) in [6, 6.07) is 4.32. The van der Waals surface area contributed by atoms with Crippen LogP contribution in [0.5, 0.6) is 0 Å². The van der Waals surface area contributed by atoms with Crippen molar-refractivity contribution in [1.82, 2.24) is 10.3 Å². The van der Waals surface area contributed by atoms with E-state index in [0.717, 1.165) is 32.2 Å². The summed E-state index contributed by atoms with van der Waals surface area (Å²) in [7, 11) is 0. The molecular weight excluding hydrogens is 300 g/mol. The predicted octanol–water partition coefficient (Wildman–Crippen LogP) is 3.76. The molecule has 0 radical (unpaired) electrons. The van der Waals surface area contributed by atoms with Crippen LogP contribution in [-0.4, -0.2) is 17.4 Å². The first-order chi connectivity index (χ1) is 10.2. The first-order valence-electron chi connectivity index (χ1n) is 7.46. The third-order valence-corrected chi connectivity index (χ3v) is 5.83. The molecule has 1 saturated carbocycles. The van der Waals surface area contributed by atoms with Gasteiger partial charge in [-0.25, -0.2) is 4.98 Å². The number of nitrogens with one attached hydrogen (secondary N) is 1. The number of carbonyl (C=O) groups excluding carboxylic acids is 1. The van der Waals surface area contributed by atoms with Crippen LogP contribution in [0.2, 0.25) is 0 Å². The Morgan fingerprint density at radius 2 is 2.33 bits per heavy atom. The summed E-state index contributed by atoms with van der Waals surface area (Å²) >= 11 is 3.53. The number of carbonyl (C=O) groups is 1. The van der Waals surface area contributed by atoms with Crippen LogP contribution in [0.15, 0.2) is 23.7 Å². The van der Waals surface area contributed by atoms with E-state index in [9.17, 15) is 4.79 Å². The monoisotopic (exact) mass is 320 g/mol. The molecular formula is C16H20N2OS2. The Morgan fingerprint density at radius 3 is 3.05 bits per heavy atom. The summed E-state index contributed by atoms with van der Waals surface area (Å²) < 4.78 is 0. The maximum Gasteiger partial charge on any atom is 0.223 e. The number of hydrogen-bond donors (Lipinski definition) is 1. The zero-order valence-corrected chi connectivity index (χ0v) is 13.8. The van der Waals surface area contributed by atoms with Gasteiger partial charge in [0.25, 0.3) is 0 Å². The lowest BCUT2D eigenvalue weighted by molar-refractivity contribution is -0.122. The van der Waals surface area contributed by atoms with Gasteiger partial charge in [0.15, 0.2) is 0 Å². The van der Waals surface area contributed by atoms with Crippen LogP contribution in [0.1, 0.15) is 39.9 Å². The van der Waals surface area contributed by atoms with E-state index in [0.29, 0.717) is 5.92 Å². The minimum Gasteiger partial charge on any atom is -0.356 e. The summed E-state index contributed by atoms with van der Waals surface area (Å²) in [5.74, 6) is 0.918. The second-order valence-corrected chi connectivity index (χ2v) is 7.87. The van der Waals surface area contributed by atoms with Crippen molar-refractivity contribution in [2.24, 2.45) is 5.92 Å². The van der Waals surface area contributed by atoms with Crippen LogP contribution in [0.3, 0.4) is 0 Å². The number of rotatable bonds is 7. The zero-order chi connectivity index (χ0) is 14.7. The lowest BCUT2D eigenvalue weighted by Gasteiger charge is -2.04. The molecule has 0 saturated heterocycles. The lowest BCUT2D eigenvalue weighted by Crippen LogP contribution is -2.26. The fraction of sp³-hybridized carbons (Fsp3) is 0.500. The van der Waals surface area contributed by atoms with Crippen molar-refractivity contribution in [2.75, 3.05) is 6.54 Å². The fourth-order valence-corrected chi connectivity index (χ4v) is 4.29. The molecule has 112 valence electrons. The minimum absolute atomic E-state index is 0.210. The Balaban J connectivity index is 1.32. The van der Waals surface area contributed by atoms with Crippen LogP contribution >= 0.6 is 22.7 Å². The number of aryl methyl sites for hydroxylation is 2. The molecule has 2 heterocycles. The van der Waals surface area contributed by atoms with Crippen LogP contribution in [0, 0.1) is 12.8 Å². The van der Waals surface area contributed by atoms with Crippen LogP contribution in [-0.2, 0) is 11.2 Å². The molecule has 0 bridgehead atoms. The largest absolute Gasteiger partial charge is 0.356 e. The van der Waals surface area contributed by atoms with Gasteiger partial charge in [-0.1, -0.05) is 0 Å². The Kier molecular flexibility index (Phi) is 4.70. The number of hydrogen-bond acceptors (Lipinski definition) is 4. The number of aromatic nitrogens is 1. The highest BCUT2D eigenvalue weighted by Crippen LogP contribution is 2.49. The molecule has 0 aliphatic heterocycles. The number of thiophene rings is 1. The second-order valence-electron chi connectivity index (χ2n) is 5.57. The predicted molar refractivity (Wildman–Crippen MR) is 88.0 cm³/mol. The summed E-state index contributed by atoms with van der Waals surface area (Å²) in [5, 5.41) is 6.28. The highest BCUT2D eigenvalue weighted by Gasteiger charge is 2.44. The van der Waals surface area contributed by atoms with Crippen molar-refractivity contribution in [2.45, 2.75) is 38.5 Å². The van der Waals surface area contributed by atoms with E-state index in [1.54, 1.807) is 11.3 Å². The minimum atomic E-state index is 0.210. The van der Waals surface area contributed by atoms with E-state index in [2.05, 4.69) is 29.4 Å². The van der Waals surface area contributed by atoms with Crippen LogP contribution < -0.4 is 5.32 Å². The van der Waals surface area contributed by atoms with Crippen molar-refractivity contribution >= 4 is 28.6 Å². The highest BCUT2D eigenvalue weighted by atomic mass is 32.1. The molecule has 2 aromatic heterocycles.